The number of thioether (sulfide) groups is 1. The Morgan fingerprint density at radius 1 is 0.925 bits per heavy atom. The number of nitrogens with zero attached hydrogens (tertiary/aromatic N) is 2. The Morgan fingerprint density at radius 2 is 1.68 bits per heavy atom. The summed E-state index contributed by atoms with van der Waals surface area (Å²) in [6.07, 6.45) is 0.147. The minimum atomic E-state index is -0.496. The van der Waals surface area contributed by atoms with Crippen molar-refractivity contribution in [1.29, 1.82) is 0 Å². The lowest BCUT2D eigenvalue weighted by Crippen LogP contribution is -2.31. The molecule has 1 saturated heterocycles. The predicted octanol–water partition coefficient (Wildman–Crippen LogP) is 7.50. The Bertz CT molecular complexity index is 1740. The highest BCUT2D eigenvalue weighted by Crippen LogP contribution is 2.36. The molecule has 2 N–H and O–H groups in total. The van der Waals surface area contributed by atoms with Gasteiger partial charge in [-0.25, -0.2) is 9.88 Å². The Kier molecular flexibility index (Phi) is 7.34. The minimum absolute atomic E-state index is 0.147. The zero-order valence-corrected chi connectivity index (χ0v) is 23.9. The monoisotopic (exact) mass is 580 g/mol. The van der Waals surface area contributed by atoms with E-state index in [1.54, 1.807) is 11.3 Å². The van der Waals surface area contributed by atoms with Gasteiger partial charge in [0.15, 0.2) is 5.11 Å². The SMILES string of the molecule is Cc1ccc2nc(-c3ccc(N4C(=O)C[C@@H](Sc5cccc(NC(=S)Nc6ccccc6)c5)C4=O)cc3)sc2c1. The highest BCUT2D eigenvalue weighted by molar-refractivity contribution is 8.00. The van der Waals surface area contributed by atoms with E-state index in [-0.39, 0.29) is 18.2 Å². The standard InChI is InChI=1S/C31H24N4O2S3/c1-19-10-15-25-26(16-19)40-29(34-25)20-11-13-23(14-12-20)35-28(36)18-27(30(35)37)39-24-9-5-8-22(17-24)33-31(38)32-21-6-3-2-4-7-21/h2-17,27H,18H2,1H3,(H2,32,33,38)/t27-/m1/s1. The molecule has 1 aliphatic rings. The average molecular weight is 581 g/mol. The van der Waals surface area contributed by atoms with Gasteiger partial charge in [0.05, 0.1) is 21.2 Å². The Labute approximate surface area is 245 Å². The molecular formula is C31H24N4O2S3. The van der Waals surface area contributed by atoms with Crippen molar-refractivity contribution < 1.29 is 9.59 Å². The molecule has 198 valence electrons. The number of aryl methyl sites for hydroxylation is 1. The number of para-hydroxylation sites is 1. The molecule has 1 fully saturated rings. The molecule has 9 heteroatoms. The zero-order valence-electron chi connectivity index (χ0n) is 21.5. The van der Waals surface area contributed by atoms with Gasteiger partial charge in [0, 0.05) is 28.3 Å². The number of hydrogen-bond acceptors (Lipinski definition) is 6. The lowest BCUT2D eigenvalue weighted by molar-refractivity contribution is -0.121. The van der Waals surface area contributed by atoms with Crippen LogP contribution in [0.2, 0.25) is 0 Å². The average Bonchev–Trinajstić information content (AvgIpc) is 3.49. The first-order valence-electron chi connectivity index (χ1n) is 12.7. The molecule has 0 aliphatic carbocycles. The molecule has 4 aromatic carbocycles. The number of fused-ring (bicyclic) bond motifs is 1. The van der Waals surface area contributed by atoms with Crippen molar-refractivity contribution in [2.45, 2.75) is 23.5 Å². The van der Waals surface area contributed by atoms with E-state index in [2.05, 4.69) is 29.7 Å². The van der Waals surface area contributed by atoms with E-state index in [0.717, 1.165) is 37.1 Å². The van der Waals surface area contributed by atoms with Crippen molar-refractivity contribution in [3.05, 3.63) is 103 Å². The minimum Gasteiger partial charge on any atom is -0.332 e. The first kappa shape index (κ1) is 26.2. The molecule has 6 nitrogen and oxygen atoms in total. The second-order valence-electron chi connectivity index (χ2n) is 9.39. The van der Waals surface area contributed by atoms with Gasteiger partial charge >= 0.3 is 0 Å². The van der Waals surface area contributed by atoms with Crippen molar-refractivity contribution in [3.63, 3.8) is 0 Å². The van der Waals surface area contributed by atoms with Crippen LogP contribution in [0.25, 0.3) is 20.8 Å². The number of aromatic nitrogens is 1. The van der Waals surface area contributed by atoms with Gasteiger partial charge in [0.25, 0.3) is 0 Å². The molecule has 5 aromatic rings. The normalized spacial score (nSPS) is 15.0. The molecule has 40 heavy (non-hydrogen) atoms. The maximum absolute atomic E-state index is 13.3. The lowest BCUT2D eigenvalue weighted by atomic mass is 10.2. The third-order valence-electron chi connectivity index (χ3n) is 6.42. The fraction of sp³-hybridized carbons (Fsp3) is 0.0968. The van der Waals surface area contributed by atoms with Crippen molar-refractivity contribution in [2.75, 3.05) is 15.5 Å². The summed E-state index contributed by atoms with van der Waals surface area (Å²) in [5.74, 6) is -0.411. The molecule has 1 aromatic heterocycles. The highest BCUT2D eigenvalue weighted by Gasteiger charge is 2.40. The summed E-state index contributed by atoms with van der Waals surface area (Å²) < 4.78 is 1.14. The van der Waals surface area contributed by atoms with Gasteiger partial charge in [-0.3, -0.25) is 9.59 Å². The van der Waals surface area contributed by atoms with Gasteiger partial charge in [-0.05, 0) is 91.4 Å². The maximum Gasteiger partial charge on any atom is 0.247 e. The van der Waals surface area contributed by atoms with Crippen LogP contribution >= 0.6 is 35.3 Å². The van der Waals surface area contributed by atoms with Crippen LogP contribution in [0.4, 0.5) is 17.1 Å². The van der Waals surface area contributed by atoms with Gasteiger partial charge in [0.2, 0.25) is 11.8 Å². The van der Waals surface area contributed by atoms with E-state index in [1.165, 1.54) is 22.2 Å². The molecule has 0 unspecified atom stereocenters. The second kappa shape index (κ2) is 11.2. The summed E-state index contributed by atoms with van der Waals surface area (Å²) in [7, 11) is 0. The molecule has 1 aliphatic heterocycles. The van der Waals surface area contributed by atoms with Crippen molar-refractivity contribution in [3.8, 4) is 10.6 Å². The molecular weight excluding hydrogens is 557 g/mol. The van der Waals surface area contributed by atoms with Gasteiger partial charge in [0.1, 0.15) is 5.01 Å². The predicted molar refractivity (Wildman–Crippen MR) is 169 cm³/mol. The molecule has 1 atom stereocenters. The number of benzene rings is 4. The highest BCUT2D eigenvalue weighted by atomic mass is 32.2. The Hall–Kier alpha value is -4.05. The van der Waals surface area contributed by atoms with E-state index < -0.39 is 5.25 Å². The Morgan fingerprint density at radius 3 is 2.48 bits per heavy atom. The van der Waals surface area contributed by atoms with Crippen LogP contribution in [0, 0.1) is 6.92 Å². The van der Waals surface area contributed by atoms with Crippen LogP contribution in [0.1, 0.15) is 12.0 Å². The van der Waals surface area contributed by atoms with Crippen molar-refractivity contribution >= 4 is 79.5 Å². The molecule has 6 rings (SSSR count). The molecule has 2 heterocycles. The van der Waals surface area contributed by atoms with Crippen LogP contribution in [0.15, 0.2) is 102 Å². The number of rotatable bonds is 6. The summed E-state index contributed by atoms with van der Waals surface area (Å²) in [5.41, 5.74) is 5.38. The topological polar surface area (TPSA) is 74.3 Å². The fourth-order valence-electron chi connectivity index (χ4n) is 4.50. The summed E-state index contributed by atoms with van der Waals surface area (Å²) in [5, 5.41) is 7.21. The first-order chi connectivity index (χ1) is 19.4. The molecule has 0 radical (unpaired) electrons. The molecule has 0 spiro atoms. The summed E-state index contributed by atoms with van der Waals surface area (Å²) in [6, 6.07) is 31.0. The van der Waals surface area contributed by atoms with Crippen LogP contribution in [0.3, 0.4) is 0 Å². The van der Waals surface area contributed by atoms with Crippen molar-refractivity contribution in [1.82, 2.24) is 4.98 Å². The van der Waals surface area contributed by atoms with E-state index in [1.807, 2.05) is 84.9 Å². The van der Waals surface area contributed by atoms with E-state index in [9.17, 15) is 9.59 Å². The van der Waals surface area contributed by atoms with Crippen LogP contribution in [-0.2, 0) is 9.59 Å². The number of nitrogens with one attached hydrogen (secondary N) is 2. The number of hydrogen-bond donors (Lipinski definition) is 2. The number of carbonyl (C=O) groups excluding carboxylic acids is 2. The lowest BCUT2D eigenvalue weighted by Gasteiger charge is -2.15. The quantitative estimate of drug-likeness (QED) is 0.159. The molecule has 0 bridgehead atoms. The second-order valence-corrected chi connectivity index (χ2v) is 12.1. The number of thiocarbonyl (C=S) groups is 1. The summed E-state index contributed by atoms with van der Waals surface area (Å²) in [6.45, 7) is 2.07. The van der Waals surface area contributed by atoms with Gasteiger partial charge in [-0.2, -0.15) is 0 Å². The number of imide groups is 1. The van der Waals surface area contributed by atoms with E-state index in [0.29, 0.717) is 10.8 Å². The number of amides is 2. The maximum atomic E-state index is 13.3. The summed E-state index contributed by atoms with van der Waals surface area (Å²) >= 11 is 8.45. The van der Waals surface area contributed by atoms with Gasteiger partial charge < -0.3 is 10.6 Å². The third kappa shape index (κ3) is 5.62. The number of thiazole rings is 1. The van der Waals surface area contributed by atoms with Crippen molar-refractivity contribution in [2.24, 2.45) is 0 Å². The Balaban J connectivity index is 1.12. The molecule has 0 saturated carbocycles. The van der Waals surface area contributed by atoms with Gasteiger partial charge in [-0.15, -0.1) is 23.1 Å². The van der Waals surface area contributed by atoms with Crippen LogP contribution in [0.5, 0.6) is 0 Å². The number of carbonyl (C=O) groups is 2. The van der Waals surface area contributed by atoms with Crippen LogP contribution < -0.4 is 15.5 Å². The van der Waals surface area contributed by atoms with Gasteiger partial charge in [-0.1, -0.05) is 30.3 Å². The fourth-order valence-corrected chi connectivity index (χ4v) is 6.92. The van der Waals surface area contributed by atoms with Crippen LogP contribution in [-0.4, -0.2) is 27.2 Å². The largest absolute Gasteiger partial charge is 0.332 e. The van der Waals surface area contributed by atoms with E-state index >= 15 is 0 Å². The van der Waals surface area contributed by atoms with E-state index in [4.69, 9.17) is 17.2 Å². The zero-order chi connectivity index (χ0) is 27.6. The molecule has 2 amide bonds. The third-order valence-corrected chi connectivity index (χ3v) is 8.87. The number of anilines is 3. The first-order valence-corrected chi connectivity index (χ1v) is 14.8. The smallest absolute Gasteiger partial charge is 0.247 e. The summed E-state index contributed by atoms with van der Waals surface area (Å²) in [4.78, 5) is 33.1.